The van der Waals surface area contributed by atoms with Gasteiger partial charge in [0.15, 0.2) is 0 Å². The van der Waals surface area contributed by atoms with Crippen molar-refractivity contribution in [2.45, 2.75) is 101 Å². The monoisotopic (exact) mass is 820 g/mol. The molecule has 2 heterocycles. The average molecular weight is 821 g/mol. The van der Waals surface area contributed by atoms with Crippen LogP contribution in [-0.2, 0) is 52.8 Å². The predicted octanol–water partition coefficient (Wildman–Crippen LogP) is 2.48. The molecule has 3 aromatic rings. The van der Waals surface area contributed by atoms with Gasteiger partial charge in [0.1, 0.15) is 36.5 Å². The van der Waals surface area contributed by atoms with Gasteiger partial charge in [0.2, 0.25) is 29.5 Å². The SMILES string of the molecule is NC(=O)CC[C@H](NC(=O)[C@@H]1CC[C@@H]2CCCC[C@H](NC(=O)[C@H](Cc3ccc(OP(=O)(O)O)cc3)NC(=O)OCc3ccccc3)C(=O)N21)C(=O)NCc1ccccc1. The second-order valence-corrected chi connectivity index (χ2v) is 15.5. The minimum Gasteiger partial charge on any atom is -0.445 e. The van der Waals surface area contributed by atoms with Gasteiger partial charge in [-0.25, -0.2) is 9.36 Å². The summed E-state index contributed by atoms with van der Waals surface area (Å²) < 4.78 is 21.3. The normalized spacial score (nSPS) is 19.0. The van der Waals surface area contributed by atoms with E-state index in [1.807, 2.05) is 36.4 Å². The van der Waals surface area contributed by atoms with E-state index in [-0.39, 0.29) is 50.6 Å². The number of phosphoric acid groups is 1. The highest BCUT2D eigenvalue weighted by Gasteiger charge is 2.45. The molecule has 17 nitrogen and oxygen atoms in total. The number of fused-ring (bicyclic) bond motifs is 1. The summed E-state index contributed by atoms with van der Waals surface area (Å²) >= 11 is 0. The number of benzene rings is 3. The number of amides is 6. The maximum atomic E-state index is 14.3. The molecule has 0 unspecified atom stereocenters. The Labute approximate surface area is 335 Å². The van der Waals surface area contributed by atoms with E-state index < -0.39 is 67.6 Å². The second-order valence-electron chi connectivity index (χ2n) is 14.3. The van der Waals surface area contributed by atoms with Gasteiger partial charge in [0.05, 0.1) is 0 Å². The largest absolute Gasteiger partial charge is 0.524 e. The molecule has 5 rings (SSSR count). The molecule has 0 radical (unpaired) electrons. The molecule has 0 aliphatic carbocycles. The number of hydrogen-bond donors (Lipinski definition) is 7. The van der Waals surface area contributed by atoms with Crippen LogP contribution in [0.15, 0.2) is 84.9 Å². The molecule has 0 saturated carbocycles. The van der Waals surface area contributed by atoms with Crippen molar-refractivity contribution in [3.8, 4) is 5.75 Å². The Bertz CT molecular complexity index is 1950. The van der Waals surface area contributed by atoms with Gasteiger partial charge in [-0.05, 0) is 60.9 Å². The van der Waals surface area contributed by atoms with Crippen LogP contribution in [0.4, 0.5) is 4.79 Å². The molecule has 8 N–H and O–H groups in total. The first-order valence-corrected chi connectivity index (χ1v) is 20.6. The third kappa shape index (κ3) is 13.1. The van der Waals surface area contributed by atoms with Crippen molar-refractivity contribution in [1.82, 2.24) is 26.2 Å². The van der Waals surface area contributed by atoms with Gasteiger partial charge in [0, 0.05) is 25.4 Å². The highest BCUT2D eigenvalue weighted by molar-refractivity contribution is 7.46. The highest BCUT2D eigenvalue weighted by Crippen LogP contribution is 2.37. The van der Waals surface area contributed by atoms with Gasteiger partial charge in [-0.15, -0.1) is 0 Å². The molecular formula is C40H49N6O11P. The third-order valence-corrected chi connectivity index (χ3v) is 10.4. The summed E-state index contributed by atoms with van der Waals surface area (Å²) in [5.41, 5.74) is 7.41. The van der Waals surface area contributed by atoms with E-state index in [1.54, 1.807) is 24.3 Å². The minimum atomic E-state index is -4.82. The quantitative estimate of drug-likeness (QED) is 0.0974. The van der Waals surface area contributed by atoms with Gasteiger partial charge in [-0.3, -0.25) is 33.8 Å². The molecule has 18 heteroatoms. The molecule has 0 aromatic heterocycles. The third-order valence-electron chi connectivity index (χ3n) is 9.99. The first-order valence-electron chi connectivity index (χ1n) is 19.1. The van der Waals surface area contributed by atoms with Crippen molar-refractivity contribution >= 4 is 43.5 Å². The summed E-state index contributed by atoms with van der Waals surface area (Å²) in [5.74, 6) is -3.03. The van der Waals surface area contributed by atoms with Gasteiger partial charge >= 0.3 is 13.9 Å². The molecule has 2 fully saturated rings. The fourth-order valence-electron chi connectivity index (χ4n) is 7.10. The number of hydrogen-bond acceptors (Lipinski definition) is 9. The first-order chi connectivity index (χ1) is 27.8. The lowest BCUT2D eigenvalue weighted by atomic mass is 9.98. The van der Waals surface area contributed by atoms with Crippen LogP contribution >= 0.6 is 7.82 Å². The summed E-state index contributed by atoms with van der Waals surface area (Å²) in [6.07, 6.45) is 1.85. The Balaban J connectivity index is 1.29. The van der Waals surface area contributed by atoms with Crippen LogP contribution in [0.5, 0.6) is 5.75 Å². The van der Waals surface area contributed by atoms with Crippen LogP contribution in [-0.4, -0.2) is 80.5 Å². The highest BCUT2D eigenvalue weighted by atomic mass is 31.2. The van der Waals surface area contributed by atoms with Crippen molar-refractivity contribution in [1.29, 1.82) is 0 Å². The molecule has 2 aliphatic heterocycles. The van der Waals surface area contributed by atoms with Crippen molar-refractivity contribution < 1.29 is 52.4 Å². The lowest BCUT2D eigenvalue weighted by molar-refractivity contribution is -0.145. The smallest absolute Gasteiger partial charge is 0.445 e. The number of nitrogens with two attached hydrogens (primary N) is 1. The van der Waals surface area contributed by atoms with Crippen LogP contribution in [0, 0.1) is 0 Å². The molecule has 0 bridgehead atoms. The number of carbonyl (C=O) groups is 6. The van der Waals surface area contributed by atoms with Crippen LogP contribution < -0.4 is 31.5 Å². The summed E-state index contributed by atoms with van der Waals surface area (Å²) in [6.45, 7) is 0.117. The second kappa shape index (κ2) is 20.6. The number of rotatable bonds is 17. The molecule has 2 saturated heterocycles. The number of primary amides is 1. The zero-order valence-electron chi connectivity index (χ0n) is 31.8. The molecule has 5 atom stereocenters. The fourth-order valence-corrected chi connectivity index (χ4v) is 7.50. The predicted molar refractivity (Wildman–Crippen MR) is 209 cm³/mol. The van der Waals surface area contributed by atoms with Crippen molar-refractivity contribution in [3.63, 3.8) is 0 Å². The van der Waals surface area contributed by atoms with E-state index in [1.165, 1.54) is 29.2 Å². The molecule has 6 amide bonds. The summed E-state index contributed by atoms with van der Waals surface area (Å²) in [7, 11) is -4.82. The van der Waals surface area contributed by atoms with Gasteiger partial charge in [-0.2, -0.15) is 0 Å². The zero-order chi connectivity index (χ0) is 41.7. The van der Waals surface area contributed by atoms with Crippen LogP contribution in [0.1, 0.15) is 68.1 Å². The number of phosphoric ester groups is 1. The zero-order valence-corrected chi connectivity index (χ0v) is 32.7. The van der Waals surface area contributed by atoms with Gasteiger partial charge < -0.3 is 41.2 Å². The molecular weight excluding hydrogens is 771 g/mol. The lowest BCUT2D eigenvalue weighted by Crippen LogP contribution is -2.60. The van der Waals surface area contributed by atoms with E-state index in [0.29, 0.717) is 36.8 Å². The topological polar surface area (TPSA) is 256 Å². The first kappa shape index (κ1) is 43.4. The maximum Gasteiger partial charge on any atom is 0.524 e. The summed E-state index contributed by atoms with van der Waals surface area (Å²) in [6, 6.07) is 18.9. The van der Waals surface area contributed by atoms with Crippen molar-refractivity contribution in [2.75, 3.05) is 0 Å². The Morgan fingerprint density at radius 2 is 1.45 bits per heavy atom. The van der Waals surface area contributed by atoms with Crippen LogP contribution in [0.25, 0.3) is 0 Å². The Kier molecular flexibility index (Phi) is 15.4. The summed E-state index contributed by atoms with van der Waals surface area (Å²) in [4.78, 5) is 100.0. The number of nitrogens with one attached hydrogen (secondary N) is 4. The standard InChI is InChI=1S/C40H49N6O11P/c41-35(47)22-20-31(36(48)42-24-27-9-3-1-4-10-27)43-38(50)34-21-17-29-13-7-8-14-32(39(51)46(29)34)44-37(49)33(45-40(52)56-25-28-11-5-2-6-12-28)23-26-15-18-30(19-16-26)57-58(53,54)55/h1-6,9-12,15-16,18-19,29,31-34H,7-8,13-14,17,20-25H2,(H2,41,47)(H,42,48)(H,43,50)(H,44,49)(H,45,52)(H2,53,54,55)/t29-,31-,32-,33-,34-/m0/s1. The lowest BCUT2D eigenvalue weighted by Gasteiger charge is -2.36. The van der Waals surface area contributed by atoms with E-state index >= 15 is 0 Å². The van der Waals surface area contributed by atoms with E-state index in [4.69, 9.17) is 20.3 Å². The fraction of sp³-hybridized carbons (Fsp3) is 0.400. The van der Waals surface area contributed by atoms with E-state index in [2.05, 4.69) is 25.8 Å². The Morgan fingerprint density at radius 1 is 0.793 bits per heavy atom. The van der Waals surface area contributed by atoms with Gasteiger partial charge in [-0.1, -0.05) is 85.6 Å². The number of carbonyl (C=O) groups excluding carboxylic acids is 6. The number of nitrogens with zero attached hydrogens (tertiary/aromatic N) is 1. The average Bonchev–Trinajstić information content (AvgIpc) is 3.62. The maximum absolute atomic E-state index is 14.3. The molecule has 310 valence electrons. The van der Waals surface area contributed by atoms with Crippen molar-refractivity contribution in [3.05, 3.63) is 102 Å². The van der Waals surface area contributed by atoms with Gasteiger partial charge in [0.25, 0.3) is 0 Å². The molecule has 0 spiro atoms. The van der Waals surface area contributed by atoms with Crippen LogP contribution in [0.2, 0.25) is 0 Å². The van der Waals surface area contributed by atoms with Crippen LogP contribution in [0.3, 0.4) is 0 Å². The van der Waals surface area contributed by atoms with E-state index in [9.17, 15) is 33.3 Å². The van der Waals surface area contributed by atoms with Crippen molar-refractivity contribution in [2.24, 2.45) is 5.73 Å². The number of ether oxygens (including phenoxy) is 1. The number of alkyl carbamates (subject to hydrolysis) is 1. The molecule has 2 aliphatic rings. The van der Waals surface area contributed by atoms with E-state index in [0.717, 1.165) is 12.0 Å². The minimum absolute atomic E-state index is 0.0495. The Hall–Kier alpha value is -5.77. The molecule has 3 aromatic carbocycles. The Morgan fingerprint density at radius 3 is 2.10 bits per heavy atom. The molecule has 58 heavy (non-hydrogen) atoms. The summed E-state index contributed by atoms with van der Waals surface area (Å²) in [5, 5.41) is 10.9.